The fourth-order valence-electron chi connectivity index (χ4n) is 4.18. The van der Waals surface area contributed by atoms with Gasteiger partial charge in [0.05, 0.1) is 20.6 Å². The molecule has 3 heterocycles. The second-order valence-corrected chi connectivity index (χ2v) is 9.24. The maximum atomic E-state index is 13.3. The SMILES string of the molecule is CCn1nc(C(=O)N2CCC(c3nc4cc(Cl)ccc4s3)CC2)c2ccccc2c1=O. The quantitative estimate of drug-likeness (QED) is 0.452. The first-order valence-electron chi connectivity index (χ1n) is 10.4. The number of rotatable bonds is 3. The Morgan fingerprint density at radius 2 is 1.90 bits per heavy atom. The van der Waals surface area contributed by atoms with Crippen LogP contribution in [0.1, 0.15) is 41.2 Å². The average Bonchev–Trinajstić information content (AvgIpc) is 3.22. The zero-order chi connectivity index (χ0) is 21.5. The van der Waals surface area contributed by atoms with Crippen LogP contribution in [0.25, 0.3) is 21.0 Å². The highest BCUT2D eigenvalue weighted by molar-refractivity contribution is 7.18. The van der Waals surface area contributed by atoms with Crippen molar-refractivity contribution in [2.45, 2.75) is 32.2 Å². The third-order valence-electron chi connectivity index (χ3n) is 5.87. The normalized spacial score (nSPS) is 15.1. The number of carbonyl (C=O) groups is 1. The molecular formula is C23H21ClN4O2S. The van der Waals surface area contributed by atoms with Gasteiger partial charge in [0.15, 0.2) is 5.69 Å². The van der Waals surface area contributed by atoms with E-state index in [4.69, 9.17) is 16.6 Å². The number of piperidine rings is 1. The first kappa shape index (κ1) is 20.2. The van der Waals surface area contributed by atoms with E-state index < -0.39 is 0 Å². The number of aryl methyl sites for hydroxylation is 1. The van der Waals surface area contributed by atoms with E-state index in [2.05, 4.69) is 5.10 Å². The summed E-state index contributed by atoms with van der Waals surface area (Å²) in [5.74, 6) is 0.211. The number of likely N-dealkylation sites (tertiary alicyclic amines) is 1. The zero-order valence-corrected chi connectivity index (χ0v) is 18.6. The first-order chi connectivity index (χ1) is 15.0. The summed E-state index contributed by atoms with van der Waals surface area (Å²) >= 11 is 7.80. The van der Waals surface area contributed by atoms with E-state index in [1.807, 2.05) is 42.2 Å². The standard InChI is InChI=1S/C23H21ClN4O2S/c1-2-28-22(29)17-6-4-3-5-16(17)20(26-28)23(30)27-11-9-14(10-12-27)21-25-18-13-15(24)7-8-19(18)31-21/h3-8,13-14H,2,9-12H2,1H3. The molecule has 158 valence electrons. The molecular weight excluding hydrogens is 432 g/mol. The van der Waals surface area contributed by atoms with Crippen molar-refractivity contribution in [2.75, 3.05) is 13.1 Å². The third kappa shape index (κ3) is 3.62. The van der Waals surface area contributed by atoms with Crippen molar-refractivity contribution in [1.29, 1.82) is 0 Å². The Balaban J connectivity index is 1.39. The van der Waals surface area contributed by atoms with Crippen molar-refractivity contribution < 1.29 is 4.79 Å². The Morgan fingerprint density at radius 3 is 2.65 bits per heavy atom. The molecule has 0 unspecified atom stereocenters. The second kappa shape index (κ2) is 8.05. The van der Waals surface area contributed by atoms with Crippen molar-refractivity contribution >= 4 is 49.8 Å². The molecule has 6 nitrogen and oxygen atoms in total. The molecule has 1 saturated heterocycles. The molecule has 0 radical (unpaired) electrons. The monoisotopic (exact) mass is 452 g/mol. The number of fused-ring (bicyclic) bond motifs is 2. The van der Waals surface area contributed by atoms with Gasteiger partial charge in [-0.25, -0.2) is 9.67 Å². The molecule has 1 fully saturated rings. The van der Waals surface area contributed by atoms with E-state index in [9.17, 15) is 9.59 Å². The molecule has 5 rings (SSSR count). The van der Waals surface area contributed by atoms with Crippen LogP contribution < -0.4 is 5.56 Å². The van der Waals surface area contributed by atoms with Crippen LogP contribution >= 0.6 is 22.9 Å². The van der Waals surface area contributed by atoms with Gasteiger partial charge >= 0.3 is 0 Å². The summed E-state index contributed by atoms with van der Waals surface area (Å²) in [5.41, 5.74) is 1.12. The summed E-state index contributed by atoms with van der Waals surface area (Å²) < 4.78 is 2.50. The van der Waals surface area contributed by atoms with Crippen LogP contribution in [0.15, 0.2) is 47.3 Å². The number of benzene rings is 2. The lowest BCUT2D eigenvalue weighted by molar-refractivity contribution is 0.0706. The van der Waals surface area contributed by atoms with E-state index in [-0.39, 0.29) is 11.5 Å². The van der Waals surface area contributed by atoms with Crippen LogP contribution in [0.2, 0.25) is 5.02 Å². The highest BCUT2D eigenvalue weighted by Gasteiger charge is 2.28. The minimum Gasteiger partial charge on any atom is -0.337 e. The van der Waals surface area contributed by atoms with Gasteiger partial charge in [0, 0.05) is 36.0 Å². The summed E-state index contributed by atoms with van der Waals surface area (Å²) in [7, 11) is 0. The number of nitrogens with zero attached hydrogens (tertiary/aromatic N) is 4. The molecule has 0 atom stereocenters. The fraction of sp³-hybridized carbons (Fsp3) is 0.304. The number of amides is 1. The van der Waals surface area contributed by atoms with Crippen molar-refractivity contribution in [3.63, 3.8) is 0 Å². The van der Waals surface area contributed by atoms with Crippen LogP contribution in [-0.4, -0.2) is 38.7 Å². The van der Waals surface area contributed by atoms with Crippen LogP contribution in [0.5, 0.6) is 0 Å². The topological polar surface area (TPSA) is 68.1 Å². The molecule has 1 aliphatic rings. The largest absolute Gasteiger partial charge is 0.337 e. The predicted octanol–water partition coefficient (Wildman–Crippen LogP) is 4.70. The number of halogens is 1. The van der Waals surface area contributed by atoms with Crippen LogP contribution in [0.4, 0.5) is 0 Å². The number of hydrogen-bond acceptors (Lipinski definition) is 5. The molecule has 2 aromatic heterocycles. The van der Waals surface area contributed by atoms with Crippen molar-refractivity contribution in [3.8, 4) is 0 Å². The molecule has 0 saturated carbocycles. The van der Waals surface area contributed by atoms with Crippen LogP contribution in [-0.2, 0) is 6.54 Å². The Hall–Kier alpha value is -2.77. The van der Waals surface area contributed by atoms with Crippen molar-refractivity contribution in [3.05, 3.63) is 68.5 Å². The highest BCUT2D eigenvalue weighted by atomic mass is 35.5. The van der Waals surface area contributed by atoms with Gasteiger partial charge in [0.1, 0.15) is 0 Å². The molecule has 0 aliphatic carbocycles. The summed E-state index contributed by atoms with van der Waals surface area (Å²) in [5, 5.41) is 7.35. The van der Waals surface area contributed by atoms with E-state index in [0.29, 0.717) is 47.0 Å². The van der Waals surface area contributed by atoms with Gasteiger partial charge in [0.25, 0.3) is 11.5 Å². The van der Waals surface area contributed by atoms with E-state index in [1.165, 1.54) is 4.68 Å². The first-order valence-corrected chi connectivity index (χ1v) is 11.6. The van der Waals surface area contributed by atoms with E-state index >= 15 is 0 Å². The van der Waals surface area contributed by atoms with Gasteiger partial charge in [-0.05, 0) is 44.0 Å². The van der Waals surface area contributed by atoms with Gasteiger partial charge in [-0.15, -0.1) is 11.3 Å². The summed E-state index contributed by atoms with van der Waals surface area (Å²) in [4.78, 5) is 32.5. The average molecular weight is 453 g/mol. The Kier molecular flexibility index (Phi) is 5.24. The molecule has 1 aliphatic heterocycles. The Bertz CT molecular complexity index is 1350. The third-order valence-corrected chi connectivity index (χ3v) is 7.30. The minimum atomic E-state index is -0.163. The molecule has 0 spiro atoms. The lowest BCUT2D eigenvalue weighted by Crippen LogP contribution is -2.39. The maximum absolute atomic E-state index is 13.3. The molecule has 31 heavy (non-hydrogen) atoms. The molecule has 8 heteroatoms. The smallest absolute Gasteiger partial charge is 0.274 e. The summed E-state index contributed by atoms with van der Waals surface area (Å²) in [6, 6.07) is 13.0. The van der Waals surface area contributed by atoms with E-state index in [0.717, 1.165) is 28.1 Å². The van der Waals surface area contributed by atoms with E-state index in [1.54, 1.807) is 23.5 Å². The lowest BCUT2D eigenvalue weighted by Gasteiger charge is -2.31. The second-order valence-electron chi connectivity index (χ2n) is 7.75. The number of carbonyl (C=O) groups excluding carboxylic acids is 1. The molecule has 1 amide bonds. The number of hydrogen-bond donors (Lipinski definition) is 0. The number of thiazole rings is 1. The summed E-state index contributed by atoms with van der Waals surface area (Å²) in [6.45, 7) is 3.56. The van der Waals surface area contributed by atoms with Crippen molar-refractivity contribution in [2.24, 2.45) is 0 Å². The summed E-state index contributed by atoms with van der Waals surface area (Å²) in [6.07, 6.45) is 1.70. The lowest BCUT2D eigenvalue weighted by atomic mass is 9.97. The molecule has 0 bridgehead atoms. The molecule has 4 aromatic rings. The minimum absolute atomic E-state index is 0.118. The van der Waals surface area contributed by atoms with Crippen molar-refractivity contribution in [1.82, 2.24) is 19.7 Å². The zero-order valence-electron chi connectivity index (χ0n) is 17.0. The maximum Gasteiger partial charge on any atom is 0.274 e. The van der Waals surface area contributed by atoms with Crippen LogP contribution in [0.3, 0.4) is 0 Å². The fourth-order valence-corrected chi connectivity index (χ4v) is 5.46. The van der Waals surface area contributed by atoms with Crippen LogP contribution in [0, 0.1) is 0 Å². The highest BCUT2D eigenvalue weighted by Crippen LogP contribution is 2.35. The van der Waals surface area contributed by atoms with Gasteiger partial charge in [-0.1, -0.05) is 29.8 Å². The molecule has 2 aromatic carbocycles. The van der Waals surface area contributed by atoms with Gasteiger partial charge < -0.3 is 4.90 Å². The molecule has 0 N–H and O–H groups in total. The van der Waals surface area contributed by atoms with Gasteiger partial charge in [-0.2, -0.15) is 5.10 Å². The Morgan fingerprint density at radius 1 is 1.16 bits per heavy atom. The Labute approximate surface area is 188 Å². The number of aromatic nitrogens is 3. The van der Waals surface area contributed by atoms with Gasteiger partial charge in [-0.3, -0.25) is 9.59 Å². The predicted molar refractivity (Wildman–Crippen MR) is 124 cm³/mol. The van der Waals surface area contributed by atoms with Gasteiger partial charge in [0.2, 0.25) is 0 Å².